The van der Waals surface area contributed by atoms with Gasteiger partial charge in [-0.05, 0) is 36.8 Å². The van der Waals surface area contributed by atoms with Gasteiger partial charge in [-0.2, -0.15) is 0 Å². The summed E-state index contributed by atoms with van der Waals surface area (Å²) in [7, 11) is 0. The van der Waals surface area contributed by atoms with Gasteiger partial charge >= 0.3 is 11.9 Å². The van der Waals surface area contributed by atoms with Crippen LogP contribution in [0.4, 0.5) is 0 Å². The van der Waals surface area contributed by atoms with Gasteiger partial charge < -0.3 is 9.84 Å². The Hall–Kier alpha value is -1.92. The molecule has 0 spiro atoms. The Labute approximate surface area is 167 Å². The molecule has 0 unspecified atom stereocenters. The maximum atomic E-state index is 12.9. The Kier molecular flexibility index (Phi) is 6.73. The summed E-state index contributed by atoms with van der Waals surface area (Å²) < 4.78 is 5.05. The number of hydroxylamine groups is 3. The maximum Gasteiger partial charge on any atom is 0.399 e. The summed E-state index contributed by atoms with van der Waals surface area (Å²) in [5.41, 5.74) is 1.66. The topological polar surface area (TPSA) is 72.8 Å². The minimum absolute atomic E-state index is 0.0969. The van der Waals surface area contributed by atoms with Gasteiger partial charge in [0, 0.05) is 19.8 Å². The molecule has 1 aromatic rings. The molecule has 28 heavy (non-hydrogen) atoms. The van der Waals surface area contributed by atoms with Crippen molar-refractivity contribution in [2.24, 2.45) is 0 Å². The quantitative estimate of drug-likeness (QED) is 0.571. The van der Waals surface area contributed by atoms with Crippen molar-refractivity contribution >= 4 is 11.9 Å². The molecule has 2 atom stereocenters. The fourth-order valence-electron chi connectivity index (χ4n) is 4.61. The first-order chi connectivity index (χ1) is 13.5. The Bertz CT molecular complexity index is 692. The number of carbonyl (C=O) groups excluding carboxylic acids is 2. The number of carbonyl (C=O) groups is 2. The van der Waals surface area contributed by atoms with Crippen LogP contribution in [0.3, 0.4) is 0 Å². The number of ether oxygens (including phenoxy) is 1. The molecule has 1 aliphatic carbocycles. The third-order valence-electron chi connectivity index (χ3n) is 6.24. The predicted molar refractivity (Wildman–Crippen MR) is 104 cm³/mol. The summed E-state index contributed by atoms with van der Waals surface area (Å²) in [5.74, 6) is -0.687. The van der Waals surface area contributed by atoms with Crippen LogP contribution in [0.5, 0.6) is 0 Å². The van der Waals surface area contributed by atoms with E-state index in [2.05, 4.69) is 0 Å². The van der Waals surface area contributed by atoms with Gasteiger partial charge in [0.1, 0.15) is 13.1 Å². The summed E-state index contributed by atoms with van der Waals surface area (Å²) in [4.78, 5) is 31.0. The van der Waals surface area contributed by atoms with Gasteiger partial charge in [0.2, 0.25) is 6.04 Å². The number of hydrogen-bond acceptors (Lipinski definition) is 5. The van der Waals surface area contributed by atoms with Crippen molar-refractivity contribution in [3.8, 4) is 0 Å². The molecule has 1 N–H and O–H groups in total. The molecule has 1 saturated carbocycles. The average molecular weight is 391 g/mol. The van der Waals surface area contributed by atoms with Crippen LogP contribution in [0.2, 0.25) is 0 Å². The summed E-state index contributed by atoms with van der Waals surface area (Å²) in [6.45, 7) is 4.89. The zero-order valence-corrected chi connectivity index (χ0v) is 16.9. The molecular weight excluding hydrogens is 358 g/mol. The van der Waals surface area contributed by atoms with E-state index in [0.29, 0.717) is 24.6 Å². The fourth-order valence-corrected chi connectivity index (χ4v) is 4.61. The molecule has 0 bridgehead atoms. The molecule has 154 valence electrons. The highest BCUT2D eigenvalue weighted by Crippen LogP contribution is 2.38. The van der Waals surface area contributed by atoms with Crippen LogP contribution in [0.1, 0.15) is 75.5 Å². The average Bonchev–Trinajstić information content (AvgIpc) is 3.40. The van der Waals surface area contributed by atoms with Crippen LogP contribution in [0.25, 0.3) is 0 Å². The molecule has 0 radical (unpaired) electrons. The van der Waals surface area contributed by atoms with E-state index in [-0.39, 0.29) is 17.2 Å². The predicted octanol–water partition coefficient (Wildman–Crippen LogP) is 3.40. The molecule has 1 aromatic carbocycles. The molecule has 0 aromatic heterocycles. The van der Waals surface area contributed by atoms with Crippen molar-refractivity contribution in [1.29, 1.82) is 0 Å². The number of likely N-dealkylation sites (tertiary alicyclic amines) is 1. The first-order valence-corrected chi connectivity index (χ1v) is 10.5. The maximum absolute atomic E-state index is 12.9. The summed E-state index contributed by atoms with van der Waals surface area (Å²) in [6, 6.07) is 6.99. The van der Waals surface area contributed by atoms with Gasteiger partial charge in [-0.3, -0.25) is 4.84 Å². The second-order valence-electron chi connectivity index (χ2n) is 7.96. The van der Waals surface area contributed by atoms with Gasteiger partial charge in [-0.25, -0.2) is 9.59 Å². The Morgan fingerprint density at radius 1 is 1.11 bits per heavy atom. The van der Waals surface area contributed by atoms with Crippen LogP contribution in [0.15, 0.2) is 24.3 Å². The number of benzene rings is 1. The second kappa shape index (κ2) is 9.05. The second-order valence-corrected chi connectivity index (χ2v) is 7.96. The standard InChI is InChI=1S/C22H32NO5/c1-3-27-21(25)16(2)23(14-8-9-15-23)28-22(26)20(24)19-13-7-6-12-18(19)17-10-4-5-11-17/h6-7,12-13,16-17,20,24H,3-5,8-11,14-15H2,1-2H3/q+1/t16-,20-/m1/s1. The van der Waals surface area contributed by atoms with E-state index >= 15 is 0 Å². The lowest BCUT2D eigenvalue weighted by Gasteiger charge is -2.34. The lowest BCUT2D eigenvalue weighted by Crippen LogP contribution is -2.57. The highest BCUT2D eigenvalue weighted by atomic mass is 16.8. The lowest BCUT2D eigenvalue weighted by atomic mass is 9.90. The molecule has 6 heteroatoms. The third-order valence-corrected chi connectivity index (χ3v) is 6.24. The minimum atomic E-state index is -1.35. The number of nitrogens with zero attached hydrogens (tertiary/aromatic N) is 1. The summed E-state index contributed by atoms with van der Waals surface area (Å²) in [6.07, 6.45) is 4.91. The smallest absolute Gasteiger partial charge is 0.399 e. The van der Waals surface area contributed by atoms with Crippen LogP contribution in [0, 0.1) is 0 Å². The minimum Gasteiger partial charge on any atom is -0.461 e. The van der Waals surface area contributed by atoms with E-state index < -0.39 is 18.1 Å². The Balaban J connectivity index is 1.78. The van der Waals surface area contributed by atoms with Gasteiger partial charge in [-0.1, -0.05) is 37.1 Å². The molecule has 6 nitrogen and oxygen atoms in total. The largest absolute Gasteiger partial charge is 0.461 e. The molecule has 1 heterocycles. The van der Waals surface area contributed by atoms with Crippen molar-refractivity contribution in [3.63, 3.8) is 0 Å². The molecule has 1 aliphatic heterocycles. The summed E-state index contributed by atoms with van der Waals surface area (Å²) >= 11 is 0. The monoisotopic (exact) mass is 390 g/mol. The number of hydrogen-bond donors (Lipinski definition) is 1. The van der Waals surface area contributed by atoms with Crippen LogP contribution in [-0.4, -0.2) is 47.4 Å². The molecule has 0 amide bonds. The van der Waals surface area contributed by atoms with E-state index in [9.17, 15) is 14.7 Å². The zero-order chi connectivity index (χ0) is 20.1. The van der Waals surface area contributed by atoms with Crippen molar-refractivity contribution in [2.75, 3.05) is 19.7 Å². The van der Waals surface area contributed by atoms with Crippen molar-refractivity contribution < 1.29 is 28.9 Å². The highest BCUT2D eigenvalue weighted by Gasteiger charge is 2.48. The van der Waals surface area contributed by atoms with E-state index in [1.807, 2.05) is 24.3 Å². The number of rotatable bonds is 7. The van der Waals surface area contributed by atoms with Gasteiger partial charge in [0.15, 0.2) is 6.10 Å². The van der Waals surface area contributed by atoms with E-state index in [4.69, 9.17) is 9.57 Å². The highest BCUT2D eigenvalue weighted by molar-refractivity contribution is 5.77. The molecule has 3 rings (SSSR count). The number of esters is 1. The van der Waals surface area contributed by atoms with Crippen molar-refractivity contribution in [2.45, 2.75) is 70.4 Å². The molecule has 2 fully saturated rings. The van der Waals surface area contributed by atoms with Crippen LogP contribution in [-0.2, 0) is 19.2 Å². The third kappa shape index (κ3) is 4.23. The number of aliphatic hydroxyl groups is 1. The lowest BCUT2D eigenvalue weighted by molar-refractivity contribution is -1.09. The van der Waals surface area contributed by atoms with Gasteiger partial charge in [0.25, 0.3) is 0 Å². The normalized spacial score (nSPS) is 21.2. The Morgan fingerprint density at radius 3 is 2.39 bits per heavy atom. The molecular formula is C22H32NO5+. The van der Waals surface area contributed by atoms with Crippen molar-refractivity contribution in [3.05, 3.63) is 35.4 Å². The van der Waals surface area contributed by atoms with Gasteiger partial charge in [0.05, 0.1) is 6.61 Å². The summed E-state index contributed by atoms with van der Waals surface area (Å²) in [5, 5.41) is 10.8. The first kappa shape index (κ1) is 20.8. The molecule has 2 aliphatic rings. The van der Waals surface area contributed by atoms with E-state index in [0.717, 1.165) is 31.2 Å². The fraction of sp³-hybridized carbons (Fsp3) is 0.636. The van der Waals surface area contributed by atoms with E-state index in [1.165, 1.54) is 12.8 Å². The van der Waals surface area contributed by atoms with Crippen LogP contribution >= 0.6 is 0 Å². The molecule has 1 saturated heterocycles. The van der Waals surface area contributed by atoms with Crippen LogP contribution < -0.4 is 0 Å². The first-order valence-electron chi connectivity index (χ1n) is 10.5. The number of quaternary nitrogens is 1. The SMILES string of the molecule is CCOC(=O)[C@@H](C)[N+]1(OC(=O)[C@H](O)c2ccccc2C2CCCC2)CCCC1. The van der Waals surface area contributed by atoms with Crippen molar-refractivity contribution in [1.82, 2.24) is 0 Å². The number of aliphatic hydroxyl groups excluding tert-OH is 1. The zero-order valence-electron chi connectivity index (χ0n) is 16.9. The van der Waals surface area contributed by atoms with Gasteiger partial charge in [-0.15, -0.1) is 4.65 Å². The Morgan fingerprint density at radius 2 is 1.75 bits per heavy atom. The van der Waals surface area contributed by atoms with E-state index in [1.54, 1.807) is 13.8 Å².